The highest BCUT2D eigenvalue weighted by molar-refractivity contribution is 6.67. The summed E-state index contributed by atoms with van der Waals surface area (Å²) in [6.45, 7) is 3.09. The highest BCUT2D eigenvalue weighted by atomic mass is 35.5. The maximum Gasteiger partial charge on any atom is 0.270 e. The molecule has 0 unspecified atom stereocenters. The number of nitrogens with one attached hydrogen (secondary N) is 2. The molecule has 1 aliphatic heterocycles. The molecule has 0 saturated carbocycles. The van der Waals surface area contributed by atoms with E-state index < -0.39 is 0 Å². The zero-order chi connectivity index (χ0) is 28.4. The summed E-state index contributed by atoms with van der Waals surface area (Å²) in [5, 5.41) is 15.6. The van der Waals surface area contributed by atoms with E-state index in [0.717, 1.165) is 61.8 Å². The molecule has 4 aromatic rings. The summed E-state index contributed by atoms with van der Waals surface area (Å²) >= 11 is 6.50. The Morgan fingerprint density at radius 3 is 2.51 bits per heavy atom. The quantitative estimate of drug-likeness (QED) is 0.166. The molecule has 2 aromatic heterocycles. The van der Waals surface area contributed by atoms with E-state index in [-0.39, 0.29) is 12.6 Å². The Morgan fingerprint density at radius 2 is 1.71 bits per heavy atom. The average molecular weight is 564 g/mol. The molecule has 0 spiro atoms. The Balaban J connectivity index is 1.16. The van der Waals surface area contributed by atoms with Crippen LogP contribution < -0.4 is 10.6 Å². The van der Waals surface area contributed by atoms with Crippen LogP contribution in [0.2, 0.25) is 17.7 Å². The molecule has 8 nitrogen and oxygen atoms in total. The van der Waals surface area contributed by atoms with Crippen LogP contribution in [0.4, 0.5) is 17.3 Å². The van der Waals surface area contributed by atoms with Gasteiger partial charge in [0.05, 0.1) is 40.7 Å². The van der Waals surface area contributed by atoms with Crippen molar-refractivity contribution in [3.05, 3.63) is 84.3 Å². The van der Waals surface area contributed by atoms with Crippen LogP contribution in [-0.4, -0.2) is 52.1 Å². The van der Waals surface area contributed by atoms with Crippen molar-refractivity contribution in [1.29, 1.82) is 5.26 Å². The minimum Gasteiger partial charge on any atom is -0.325 e. The lowest BCUT2D eigenvalue weighted by molar-refractivity contribution is -0.116. The predicted octanol–water partition coefficient (Wildman–Crippen LogP) is 6.58. The van der Waals surface area contributed by atoms with Gasteiger partial charge in [0.25, 0.3) is 6.71 Å². The molecule has 0 radical (unpaired) electrons. The number of nitriles is 1. The van der Waals surface area contributed by atoms with Crippen LogP contribution in [0.3, 0.4) is 0 Å². The Morgan fingerprint density at radius 1 is 0.951 bits per heavy atom. The van der Waals surface area contributed by atoms with Crippen molar-refractivity contribution in [2.24, 2.45) is 0 Å². The Hall–Kier alpha value is -4.26. The molecule has 2 aromatic carbocycles. The fourth-order valence-electron chi connectivity index (χ4n) is 4.94. The van der Waals surface area contributed by atoms with E-state index in [2.05, 4.69) is 60.7 Å². The summed E-state index contributed by atoms with van der Waals surface area (Å²) in [6, 6.07) is 20.0. The number of carbonyl (C=O) groups is 1. The van der Waals surface area contributed by atoms with E-state index >= 15 is 0 Å². The lowest BCUT2D eigenvalue weighted by Gasteiger charge is -2.27. The van der Waals surface area contributed by atoms with Gasteiger partial charge in [-0.15, -0.1) is 0 Å². The third kappa shape index (κ3) is 7.91. The first-order valence-corrected chi connectivity index (χ1v) is 14.3. The number of hydrogen-bond donors (Lipinski definition) is 2. The number of anilines is 3. The number of hydrogen-bond acceptors (Lipinski definition) is 7. The van der Waals surface area contributed by atoms with Crippen molar-refractivity contribution in [3.8, 4) is 28.4 Å². The molecule has 2 N–H and O–H groups in total. The van der Waals surface area contributed by atoms with E-state index in [1.165, 1.54) is 0 Å². The molecule has 1 amide bonds. The van der Waals surface area contributed by atoms with Gasteiger partial charge in [-0.3, -0.25) is 9.78 Å². The molecule has 1 aliphatic rings. The molecule has 10 heteroatoms. The van der Waals surface area contributed by atoms with Crippen LogP contribution in [0.5, 0.6) is 0 Å². The van der Waals surface area contributed by atoms with Crippen molar-refractivity contribution in [3.63, 3.8) is 0 Å². The molecule has 1 saturated heterocycles. The second-order valence-electron chi connectivity index (χ2n) is 10.2. The van der Waals surface area contributed by atoms with E-state index in [4.69, 9.17) is 16.9 Å². The summed E-state index contributed by atoms with van der Waals surface area (Å²) in [5.74, 6) is 2.69. The third-order valence-corrected chi connectivity index (χ3v) is 7.44. The summed E-state index contributed by atoms with van der Waals surface area (Å²) in [7, 11) is 0. The number of amides is 1. The minimum atomic E-state index is -0.0459. The number of halogens is 1. The zero-order valence-electron chi connectivity index (χ0n) is 22.8. The first-order valence-electron chi connectivity index (χ1n) is 13.9. The van der Waals surface area contributed by atoms with Gasteiger partial charge in [0.1, 0.15) is 0 Å². The highest BCUT2D eigenvalue weighted by Gasteiger charge is 2.21. The smallest absolute Gasteiger partial charge is 0.270 e. The first-order chi connectivity index (χ1) is 20.1. The van der Waals surface area contributed by atoms with Gasteiger partial charge in [0.2, 0.25) is 11.9 Å². The van der Waals surface area contributed by atoms with Gasteiger partial charge >= 0.3 is 0 Å². The summed E-state index contributed by atoms with van der Waals surface area (Å²) in [6.07, 6.45) is 8.93. The minimum absolute atomic E-state index is 0.0459. The molecule has 3 heterocycles. The molecule has 1 fully saturated rings. The topological polar surface area (TPSA) is 107 Å². The second kappa shape index (κ2) is 13.9. The van der Waals surface area contributed by atoms with Crippen molar-refractivity contribution < 1.29 is 4.79 Å². The molecule has 0 bridgehead atoms. The van der Waals surface area contributed by atoms with E-state index in [1.54, 1.807) is 24.7 Å². The molecule has 5 rings (SSSR count). The number of unbranched alkanes of at least 4 members (excludes halogenated alkanes) is 1. The van der Waals surface area contributed by atoms with Gasteiger partial charge in [-0.2, -0.15) is 0 Å². The SMILES string of the molecule is N#CB1CCN(CCCCC(=O)Nc2cncc(Nc3ncc(Cl)c(-c4cccc(-c5ccccc5)c4)n3)c2)CC1. The van der Waals surface area contributed by atoms with Crippen LogP contribution in [0.1, 0.15) is 19.3 Å². The Bertz CT molecular complexity index is 1520. The largest absolute Gasteiger partial charge is 0.325 e. The monoisotopic (exact) mass is 563 g/mol. The molecule has 0 atom stereocenters. The number of benzene rings is 2. The maximum absolute atomic E-state index is 12.5. The van der Waals surface area contributed by atoms with Gasteiger partial charge < -0.3 is 15.5 Å². The van der Waals surface area contributed by atoms with Crippen LogP contribution in [-0.2, 0) is 4.79 Å². The van der Waals surface area contributed by atoms with Crippen LogP contribution in [0, 0.1) is 11.2 Å². The fraction of sp³-hybridized carbons (Fsp3) is 0.258. The van der Waals surface area contributed by atoms with Crippen molar-refractivity contribution >= 4 is 41.5 Å². The van der Waals surface area contributed by atoms with Gasteiger partial charge in [0, 0.05) is 18.0 Å². The van der Waals surface area contributed by atoms with E-state index in [0.29, 0.717) is 34.5 Å². The van der Waals surface area contributed by atoms with Gasteiger partial charge in [-0.1, -0.05) is 60.1 Å². The van der Waals surface area contributed by atoms with E-state index in [9.17, 15) is 4.79 Å². The van der Waals surface area contributed by atoms with Crippen LogP contribution in [0.25, 0.3) is 22.4 Å². The Labute approximate surface area is 245 Å². The van der Waals surface area contributed by atoms with Crippen LogP contribution in [0.15, 0.2) is 79.3 Å². The maximum atomic E-state index is 12.5. The normalized spacial score (nSPS) is 13.4. The molecule has 0 aliphatic carbocycles. The van der Waals surface area contributed by atoms with Gasteiger partial charge in [-0.25, -0.2) is 15.2 Å². The number of pyridine rings is 1. The molecule has 206 valence electrons. The number of aromatic nitrogens is 3. The zero-order valence-corrected chi connectivity index (χ0v) is 23.5. The average Bonchev–Trinajstić information content (AvgIpc) is 3.01. The van der Waals surface area contributed by atoms with Gasteiger partial charge in [0.15, 0.2) is 0 Å². The van der Waals surface area contributed by atoms with Gasteiger partial charge in [-0.05, 0) is 68.4 Å². The fourth-order valence-corrected chi connectivity index (χ4v) is 5.14. The lowest BCUT2D eigenvalue weighted by atomic mass is 9.45. The third-order valence-electron chi connectivity index (χ3n) is 7.16. The Kier molecular flexibility index (Phi) is 9.58. The molecular formula is C31H31BClN7O. The van der Waals surface area contributed by atoms with Crippen molar-refractivity contribution in [1.82, 2.24) is 19.9 Å². The lowest BCUT2D eigenvalue weighted by Crippen LogP contribution is -2.37. The van der Waals surface area contributed by atoms with Crippen molar-refractivity contribution in [2.75, 3.05) is 30.3 Å². The summed E-state index contributed by atoms with van der Waals surface area (Å²) < 4.78 is 0. The summed E-state index contributed by atoms with van der Waals surface area (Å²) in [5.41, 5.74) is 4.93. The van der Waals surface area contributed by atoms with Crippen molar-refractivity contribution in [2.45, 2.75) is 31.9 Å². The predicted molar refractivity (Wildman–Crippen MR) is 165 cm³/mol. The molecule has 41 heavy (non-hydrogen) atoms. The molecular weight excluding hydrogens is 533 g/mol. The van der Waals surface area contributed by atoms with E-state index in [1.807, 2.05) is 30.3 Å². The summed E-state index contributed by atoms with van der Waals surface area (Å²) in [4.78, 5) is 28.2. The number of nitrogens with zero attached hydrogens (tertiary/aromatic N) is 5. The van der Waals surface area contributed by atoms with Crippen LogP contribution >= 0.6 is 11.6 Å². The first kappa shape index (κ1) is 28.3. The number of carbonyl (C=O) groups excluding carboxylic acids is 1. The second-order valence-corrected chi connectivity index (χ2v) is 10.6. The highest BCUT2D eigenvalue weighted by Crippen LogP contribution is 2.30. The standard InChI is InChI=1S/C31H31BClN7O/c33-28-21-36-31(39-30(28)25-10-6-9-24(17-25)23-7-2-1-3-8-23)38-27-18-26(19-35-20-27)37-29(41)11-4-5-14-40-15-12-32(22-34)13-16-40/h1-3,6-10,17-21H,4-5,11-16H2,(H,37,41)(H,36,38,39). The number of rotatable bonds is 10.